The van der Waals surface area contributed by atoms with Crippen LogP contribution in [0.25, 0.3) is 0 Å². The maximum Gasteiger partial charge on any atom is 0.318 e. The monoisotopic (exact) mass is 238 g/mol. The fourth-order valence-electron chi connectivity index (χ4n) is 3.33. The summed E-state index contributed by atoms with van der Waals surface area (Å²) in [6.45, 7) is 2.11. The van der Waals surface area contributed by atoms with E-state index in [1.165, 1.54) is 0 Å². The Balaban J connectivity index is 1.67. The number of nitrogens with zero attached hydrogens (tertiary/aromatic N) is 1. The quantitative estimate of drug-likeness (QED) is 0.755. The summed E-state index contributed by atoms with van der Waals surface area (Å²) >= 11 is 0. The fourth-order valence-corrected chi connectivity index (χ4v) is 3.33. The van der Waals surface area contributed by atoms with Crippen LogP contribution >= 0.6 is 0 Å². The molecule has 94 valence electrons. The zero-order valence-electron chi connectivity index (χ0n) is 9.93. The average Bonchev–Trinajstić information content (AvgIpc) is 2.76. The molecular weight excluding hydrogens is 220 g/mol. The standard InChI is InChI=1S/C12H18N2O3/c1-6-4-9(6)13-12(17)14-7-2-3-10(14)8(5-7)11(15)16/h6-10H,2-5H2,1H3,(H,13,17)(H,15,16). The average molecular weight is 238 g/mol. The third-order valence-corrected chi connectivity index (χ3v) is 4.51. The summed E-state index contributed by atoms with van der Waals surface area (Å²) in [6, 6.07) is 0.336. The van der Waals surface area contributed by atoms with Gasteiger partial charge in [0, 0.05) is 18.1 Å². The predicted molar refractivity (Wildman–Crippen MR) is 60.5 cm³/mol. The van der Waals surface area contributed by atoms with Gasteiger partial charge in [0.1, 0.15) is 0 Å². The normalized spacial score (nSPS) is 42.6. The van der Waals surface area contributed by atoms with Crippen molar-refractivity contribution in [2.24, 2.45) is 11.8 Å². The molecule has 2 amide bonds. The van der Waals surface area contributed by atoms with Crippen LogP contribution in [0, 0.1) is 11.8 Å². The Labute approximate surface area is 100 Å². The number of hydrogen-bond acceptors (Lipinski definition) is 2. The zero-order valence-corrected chi connectivity index (χ0v) is 9.93. The molecule has 2 heterocycles. The third kappa shape index (κ3) is 1.68. The molecule has 1 aliphatic carbocycles. The van der Waals surface area contributed by atoms with Gasteiger partial charge in [0.2, 0.25) is 0 Å². The van der Waals surface area contributed by atoms with Crippen LogP contribution in [0.3, 0.4) is 0 Å². The van der Waals surface area contributed by atoms with E-state index in [2.05, 4.69) is 12.2 Å². The molecule has 0 aromatic heterocycles. The first kappa shape index (κ1) is 10.9. The Hall–Kier alpha value is -1.26. The number of amides is 2. The smallest absolute Gasteiger partial charge is 0.318 e. The lowest BCUT2D eigenvalue weighted by Crippen LogP contribution is -2.45. The van der Waals surface area contributed by atoms with Crippen molar-refractivity contribution in [3.8, 4) is 0 Å². The van der Waals surface area contributed by atoms with Crippen LogP contribution in [0.5, 0.6) is 0 Å². The number of carbonyl (C=O) groups is 2. The summed E-state index contributed by atoms with van der Waals surface area (Å²) in [4.78, 5) is 25.0. The topological polar surface area (TPSA) is 69.6 Å². The van der Waals surface area contributed by atoms with E-state index >= 15 is 0 Å². The molecule has 1 saturated carbocycles. The molecule has 3 fully saturated rings. The maximum absolute atomic E-state index is 12.1. The van der Waals surface area contributed by atoms with E-state index in [0.717, 1.165) is 19.3 Å². The minimum absolute atomic E-state index is 0.0457. The Morgan fingerprint density at radius 1 is 1.29 bits per heavy atom. The first-order valence-corrected chi connectivity index (χ1v) is 6.39. The number of aliphatic carboxylic acids is 1. The highest BCUT2D eigenvalue weighted by Crippen LogP contribution is 2.42. The van der Waals surface area contributed by atoms with Gasteiger partial charge in [0.25, 0.3) is 0 Å². The zero-order chi connectivity index (χ0) is 12.2. The van der Waals surface area contributed by atoms with Gasteiger partial charge in [0.05, 0.1) is 5.92 Å². The molecule has 2 bridgehead atoms. The third-order valence-electron chi connectivity index (χ3n) is 4.51. The summed E-state index contributed by atoms with van der Waals surface area (Å²) in [5.41, 5.74) is 0. The maximum atomic E-state index is 12.1. The van der Waals surface area contributed by atoms with Gasteiger partial charge in [-0.15, -0.1) is 0 Å². The van der Waals surface area contributed by atoms with Crippen molar-refractivity contribution in [1.82, 2.24) is 10.2 Å². The SMILES string of the molecule is CC1CC1NC(=O)N1C2CCC1C(C(=O)O)C2. The lowest BCUT2D eigenvalue weighted by atomic mass is 9.89. The number of rotatable bonds is 2. The van der Waals surface area contributed by atoms with Crippen LogP contribution in [0.4, 0.5) is 4.79 Å². The van der Waals surface area contributed by atoms with Crippen LogP contribution in [-0.2, 0) is 4.79 Å². The van der Waals surface area contributed by atoms with Gasteiger partial charge in [-0.3, -0.25) is 4.79 Å². The molecule has 3 rings (SSSR count). The van der Waals surface area contributed by atoms with E-state index in [-0.39, 0.29) is 24.0 Å². The lowest BCUT2D eigenvalue weighted by molar-refractivity contribution is -0.142. The molecule has 0 aromatic rings. The molecule has 2 saturated heterocycles. The van der Waals surface area contributed by atoms with Crippen molar-refractivity contribution in [3.63, 3.8) is 0 Å². The minimum Gasteiger partial charge on any atom is -0.481 e. The van der Waals surface area contributed by atoms with Gasteiger partial charge in [-0.2, -0.15) is 0 Å². The number of urea groups is 1. The molecule has 17 heavy (non-hydrogen) atoms. The van der Waals surface area contributed by atoms with Crippen molar-refractivity contribution in [1.29, 1.82) is 0 Å². The minimum atomic E-state index is -0.755. The summed E-state index contributed by atoms with van der Waals surface area (Å²) in [5.74, 6) is -0.527. The lowest BCUT2D eigenvalue weighted by Gasteiger charge is -2.23. The second-order valence-electron chi connectivity index (χ2n) is 5.66. The van der Waals surface area contributed by atoms with Gasteiger partial charge < -0.3 is 15.3 Å². The van der Waals surface area contributed by atoms with Crippen LogP contribution in [0.1, 0.15) is 32.6 Å². The van der Waals surface area contributed by atoms with E-state index in [0.29, 0.717) is 18.4 Å². The number of hydrogen-bond donors (Lipinski definition) is 2. The number of carbonyl (C=O) groups excluding carboxylic acids is 1. The molecule has 5 nitrogen and oxygen atoms in total. The predicted octanol–water partition coefficient (Wildman–Crippen LogP) is 1.04. The Kier molecular flexibility index (Phi) is 2.31. The number of carboxylic acids is 1. The molecule has 5 unspecified atom stereocenters. The van der Waals surface area contributed by atoms with Crippen molar-refractivity contribution < 1.29 is 14.7 Å². The highest BCUT2D eigenvalue weighted by atomic mass is 16.4. The second kappa shape index (κ2) is 3.62. The van der Waals surface area contributed by atoms with Crippen molar-refractivity contribution >= 4 is 12.0 Å². The highest BCUT2D eigenvalue weighted by Gasteiger charge is 2.52. The van der Waals surface area contributed by atoms with Gasteiger partial charge >= 0.3 is 12.0 Å². The molecule has 5 heteroatoms. The van der Waals surface area contributed by atoms with Crippen LogP contribution in [0.15, 0.2) is 0 Å². The van der Waals surface area contributed by atoms with Crippen molar-refractivity contribution in [2.45, 2.75) is 50.7 Å². The Morgan fingerprint density at radius 3 is 2.53 bits per heavy atom. The molecule has 2 N–H and O–H groups in total. The van der Waals surface area contributed by atoms with Gasteiger partial charge in [-0.05, 0) is 31.6 Å². The Bertz CT molecular complexity index is 371. The summed E-state index contributed by atoms with van der Waals surface area (Å²) in [6.07, 6.45) is 3.49. The van der Waals surface area contributed by atoms with E-state index < -0.39 is 5.97 Å². The number of carboxylic acid groups (broad SMARTS) is 1. The Morgan fingerprint density at radius 2 is 2.00 bits per heavy atom. The van der Waals surface area contributed by atoms with Crippen LogP contribution < -0.4 is 5.32 Å². The molecular formula is C12H18N2O3. The number of fused-ring (bicyclic) bond motifs is 2. The van der Waals surface area contributed by atoms with E-state index in [1.54, 1.807) is 4.90 Å². The van der Waals surface area contributed by atoms with Gasteiger partial charge in [-0.1, -0.05) is 6.92 Å². The largest absolute Gasteiger partial charge is 0.481 e. The molecule has 0 radical (unpaired) electrons. The summed E-state index contributed by atoms with van der Waals surface area (Å²) in [5, 5.41) is 12.1. The van der Waals surface area contributed by atoms with Crippen molar-refractivity contribution in [3.05, 3.63) is 0 Å². The van der Waals surface area contributed by atoms with Crippen LogP contribution in [-0.4, -0.2) is 40.1 Å². The molecule has 0 spiro atoms. The molecule has 0 aromatic carbocycles. The molecule has 2 aliphatic heterocycles. The van der Waals surface area contributed by atoms with Gasteiger partial charge in [-0.25, -0.2) is 4.79 Å². The first-order valence-electron chi connectivity index (χ1n) is 6.39. The molecule has 5 atom stereocenters. The highest BCUT2D eigenvalue weighted by molar-refractivity contribution is 5.79. The van der Waals surface area contributed by atoms with E-state index in [1.807, 2.05) is 0 Å². The number of nitrogens with one attached hydrogen (secondary N) is 1. The van der Waals surface area contributed by atoms with Crippen molar-refractivity contribution in [2.75, 3.05) is 0 Å². The van der Waals surface area contributed by atoms with E-state index in [4.69, 9.17) is 5.11 Å². The fraction of sp³-hybridized carbons (Fsp3) is 0.833. The summed E-state index contributed by atoms with van der Waals surface area (Å²) < 4.78 is 0. The summed E-state index contributed by atoms with van der Waals surface area (Å²) in [7, 11) is 0. The molecule has 3 aliphatic rings. The first-order chi connectivity index (χ1) is 8.08. The van der Waals surface area contributed by atoms with Gasteiger partial charge in [0.15, 0.2) is 0 Å². The van der Waals surface area contributed by atoms with Crippen LogP contribution in [0.2, 0.25) is 0 Å². The van der Waals surface area contributed by atoms with E-state index in [9.17, 15) is 9.59 Å². The second-order valence-corrected chi connectivity index (χ2v) is 5.66.